The van der Waals surface area contributed by atoms with Crippen LogP contribution >= 0.6 is 31.9 Å². The van der Waals surface area contributed by atoms with Gasteiger partial charge in [0.1, 0.15) is 11.0 Å². The van der Waals surface area contributed by atoms with Crippen LogP contribution in [0.15, 0.2) is 93.9 Å². The average molecular weight is 909 g/mol. The number of nitrogens with zero attached hydrogens (tertiary/aromatic N) is 4. The van der Waals surface area contributed by atoms with Crippen LogP contribution in [0, 0.1) is 0 Å². The average Bonchev–Trinajstić information content (AvgIpc) is 3.79. The molecule has 0 radical (unpaired) electrons. The molecule has 58 heavy (non-hydrogen) atoms. The van der Waals surface area contributed by atoms with E-state index in [0.29, 0.717) is 0 Å². The fourth-order valence-electron chi connectivity index (χ4n) is 8.51. The van der Waals surface area contributed by atoms with E-state index in [-0.39, 0.29) is 0 Å². The van der Waals surface area contributed by atoms with Crippen LogP contribution < -0.4 is 0 Å². The Labute approximate surface area is 366 Å². The third-order valence-electron chi connectivity index (χ3n) is 12.0. The Morgan fingerprint density at radius 2 is 0.690 bits per heavy atom. The zero-order valence-electron chi connectivity index (χ0n) is 35.6. The Balaban J connectivity index is 1.12. The number of fused-ring (bicyclic) bond motifs is 2. The first-order valence-corrected chi connectivity index (χ1v) is 24.6. The number of halogens is 2. The van der Waals surface area contributed by atoms with Crippen molar-refractivity contribution >= 4 is 53.9 Å². The van der Waals surface area contributed by atoms with Gasteiger partial charge in [-0.2, -0.15) is 0 Å². The molecule has 0 amide bonds. The number of para-hydroxylation sites is 2. The number of aryl methyl sites for hydroxylation is 2. The normalized spacial score (nSPS) is 11.7. The molecule has 0 aliphatic rings. The van der Waals surface area contributed by atoms with Crippen molar-refractivity contribution in [2.24, 2.45) is 0 Å². The topological polar surface area (TPSA) is 35.6 Å². The van der Waals surface area contributed by atoms with Gasteiger partial charge >= 0.3 is 0 Å². The summed E-state index contributed by atoms with van der Waals surface area (Å²) in [5.41, 5.74) is 9.54. The molecule has 0 spiro atoms. The van der Waals surface area contributed by atoms with Gasteiger partial charge in [0, 0.05) is 22.0 Å². The van der Waals surface area contributed by atoms with E-state index in [4.69, 9.17) is 9.97 Å². The minimum atomic E-state index is 0.721. The number of hydrogen-bond acceptors (Lipinski definition) is 2. The fraction of sp³-hybridized carbons (Fsp3) is 0.500. The van der Waals surface area contributed by atoms with E-state index in [0.717, 1.165) is 68.6 Å². The second-order valence-electron chi connectivity index (χ2n) is 16.8. The molecule has 0 saturated carbocycles. The molecule has 0 saturated heterocycles. The molecule has 2 heterocycles. The number of hydrogen-bond donors (Lipinski definition) is 0. The van der Waals surface area contributed by atoms with E-state index >= 15 is 0 Å². The molecular formula is C52H68Br2N4. The molecule has 4 aromatic carbocycles. The highest BCUT2D eigenvalue weighted by Gasteiger charge is 2.22. The summed E-state index contributed by atoms with van der Waals surface area (Å²) in [7, 11) is 0. The van der Waals surface area contributed by atoms with Crippen LogP contribution in [0.3, 0.4) is 0 Å². The van der Waals surface area contributed by atoms with Gasteiger partial charge in [-0.1, -0.05) is 190 Å². The van der Waals surface area contributed by atoms with Crippen LogP contribution in [0.4, 0.5) is 0 Å². The van der Waals surface area contributed by atoms with Crippen LogP contribution in [0.25, 0.3) is 33.7 Å². The van der Waals surface area contributed by atoms with E-state index in [9.17, 15) is 0 Å². The molecule has 0 aliphatic carbocycles. The molecule has 0 fully saturated rings. The molecule has 6 heteroatoms. The number of unbranched alkanes of at least 4 members (excludes halogenated alkanes) is 18. The number of benzene rings is 4. The summed E-state index contributed by atoms with van der Waals surface area (Å²) < 4.78 is 6.72. The summed E-state index contributed by atoms with van der Waals surface area (Å²) in [5.74, 6) is 1.77. The quantitative estimate of drug-likeness (QED) is 0.0483. The molecule has 0 unspecified atom stereocenters. The first kappa shape index (κ1) is 44.3. The summed E-state index contributed by atoms with van der Waals surface area (Å²) in [5, 5.41) is 0. The fourth-order valence-corrected chi connectivity index (χ4v) is 9.40. The Morgan fingerprint density at radius 1 is 0.379 bits per heavy atom. The lowest BCUT2D eigenvalue weighted by Crippen LogP contribution is -2.08. The van der Waals surface area contributed by atoms with Crippen molar-refractivity contribution in [2.45, 2.75) is 168 Å². The largest absolute Gasteiger partial charge is 0.317 e. The highest BCUT2D eigenvalue weighted by molar-refractivity contribution is 9.11. The second kappa shape index (κ2) is 24.1. The van der Waals surface area contributed by atoms with E-state index in [1.54, 1.807) is 0 Å². The summed E-state index contributed by atoms with van der Waals surface area (Å²) in [6.45, 7) is 6.03. The SMILES string of the molecule is CCCCCCCCCCCCc1ccc(Cn2c(-c3nc4c(Br)cccc4n3Cc3ccc(CCCCCCCCCCCC)cc3)nc3c(Br)cccc32)cc1. The van der Waals surface area contributed by atoms with Crippen molar-refractivity contribution in [3.63, 3.8) is 0 Å². The summed E-state index contributed by atoms with van der Waals surface area (Å²) in [6, 6.07) is 31.4. The summed E-state index contributed by atoms with van der Waals surface area (Å²) in [6.07, 6.45) is 29.8. The highest BCUT2D eigenvalue weighted by Crippen LogP contribution is 2.34. The lowest BCUT2D eigenvalue weighted by molar-refractivity contribution is 0.556. The Bertz CT molecular complexity index is 1940. The smallest absolute Gasteiger partial charge is 0.177 e. The van der Waals surface area contributed by atoms with Crippen LogP contribution in [-0.2, 0) is 25.9 Å². The first-order chi connectivity index (χ1) is 28.6. The zero-order valence-corrected chi connectivity index (χ0v) is 38.8. The molecule has 6 rings (SSSR count). The van der Waals surface area contributed by atoms with E-state index < -0.39 is 0 Å². The van der Waals surface area contributed by atoms with Crippen molar-refractivity contribution in [3.05, 3.63) is 116 Å². The molecule has 0 N–H and O–H groups in total. The van der Waals surface area contributed by atoms with Gasteiger partial charge in [0.15, 0.2) is 11.6 Å². The van der Waals surface area contributed by atoms with Gasteiger partial charge < -0.3 is 9.13 Å². The molecule has 6 aromatic rings. The highest BCUT2D eigenvalue weighted by atomic mass is 79.9. The predicted octanol–water partition coefficient (Wildman–Crippen LogP) is 16.6. The van der Waals surface area contributed by atoms with Gasteiger partial charge in [0.2, 0.25) is 0 Å². The Kier molecular flexibility index (Phi) is 18.5. The lowest BCUT2D eigenvalue weighted by Gasteiger charge is -2.13. The number of imidazole rings is 2. The lowest BCUT2D eigenvalue weighted by atomic mass is 10.0. The number of rotatable bonds is 27. The molecule has 4 nitrogen and oxygen atoms in total. The maximum atomic E-state index is 5.32. The summed E-state index contributed by atoms with van der Waals surface area (Å²) in [4.78, 5) is 10.6. The minimum absolute atomic E-state index is 0.721. The predicted molar refractivity (Wildman–Crippen MR) is 256 cm³/mol. The molecule has 2 aromatic heterocycles. The number of aromatic nitrogens is 4. The van der Waals surface area contributed by atoms with Gasteiger partial charge in [-0.15, -0.1) is 0 Å². The third-order valence-corrected chi connectivity index (χ3v) is 13.3. The van der Waals surface area contributed by atoms with Gasteiger partial charge in [-0.3, -0.25) is 0 Å². The summed E-state index contributed by atoms with van der Waals surface area (Å²) >= 11 is 7.65. The van der Waals surface area contributed by atoms with Crippen molar-refractivity contribution in [3.8, 4) is 11.6 Å². The van der Waals surface area contributed by atoms with Gasteiger partial charge in [-0.05, 0) is 104 Å². The third kappa shape index (κ3) is 12.9. The monoisotopic (exact) mass is 906 g/mol. The molecule has 0 atom stereocenters. The van der Waals surface area contributed by atoms with Crippen LogP contribution in [0.1, 0.15) is 165 Å². The van der Waals surface area contributed by atoms with E-state index in [1.165, 1.54) is 151 Å². The van der Waals surface area contributed by atoms with Gasteiger partial charge in [0.25, 0.3) is 0 Å². The Hall–Kier alpha value is -3.22. The molecule has 310 valence electrons. The van der Waals surface area contributed by atoms with Crippen LogP contribution in [0.2, 0.25) is 0 Å². The molecular weight excluding hydrogens is 840 g/mol. The van der Waals surface area contributed by atoms with Crippen LogP contribution in [0.5, 0.6) is 0 Å². The van der Waals surface area contributed by atoms with Gasteiger partial charge in [0.05, 0.1) is 11.0 Å². The van der Waals surface area contributed by atoms with E-state index in [1.807, 2.05) is 0 Å². The van der Waals surface area contributed by atoms with E-state index in [2.05, 4.69) is 140 Å². The molecule has 0 aliphatic heterocycles. The first-order valence-electron chi connectivity index (χ1n) is 23.0. The zero-order chi connectivity index (χ0) is 40.4. The van der Waals surface area contributed by atoms with Crippen molar-refractivity contribution in [1.29, 1.82) is 0 Å². The van der Waals surface area contributed by atoms with Crippen molar-refractivity contribution in [1.82, 2.24) is 19.1 Å². The van der Waals surface area contributed by atoms with Crippen molar-refractivity contribution in [2.75, 3.05) is 0 Å². The minimum Gasteiger partial charge on any atom is -0.317 e. The van der Waals surface area contributed by atoms with Crippen molar-refractivity contribution < 1.29 is 0 Å². The maximum Gasteiger partial charge on any atom is 0.177 e. The van der Waals surface area contributed by atoms with Gasteiger partial charge in [-0.25, -0.2) is 9.97 Å². The molecule has 0 bridgehead atoms. The maximum absolute atomic E-state index is 5.32. The second-order valence-corrected chi connectivity index (χ2v) is 18.5. The Morgan fingerprint density at radius 3 is 1.03 bits per heavy atom. The standard InChI is InChI=1S/C52H68Br2N4/c1-3-5-7-9-11-13-15-17-19-21-25-41-31-35-43(36-32-41)39-57-47-29-23-27-45(53)49(47)55-51(57)52-56-50-46(54)28-24-30-48(50)58(52)40-44-37-33-42(34-38-44)26-22-20-18-16-14-12-10-8-6-4-2/h23-24,27-38H,3-22,25-26,39-40H2,1-2H3. The van der Waals surface area contributed by atoms with Crippen LogP contribution in [-0.4, -0.2) is 19.1 Å².